The van der Waals surface area contributed by atoms with Gasteiger partial charge in [-0.3, -0.25) is 24.0 Å². The van der Waals surface area contributed by atoms with E-state index in [0.29, 0.717) is 6.54 Å². The van der Waals surface area contributed by atoms with Crippen LogP contribution in [0.4, 0.5) is 11.4 Å². The van der Waals surface area contributed by atoms with Crippen LogP contribution in [-0.2, 0) is 32.6 Å². The summed E-state index contributed by atoms with van der Waals surface area (Å²) in [6.07, 6.45) is 1.13. The molecule has 0 aromatic heterocycles. The molecule has 0 bridgehead atoms. The fourth-order valence-electron chi connectivity index (χ4n) is 4.00. The fraction of sp³-hybridized carbons (Fsp3) is 0.259. The number of nitro benzene ring substituents is 1. The molecule has 1 unspecified atom stereocenters. The van der Waals surface area contributed by atoms with Crippen LogP contribution >= 0.6 is 0 Å². The highest BCUT2D eigenvalue weighted by molar-refractivity contribution is 7.92. The van der Waals surface area contributed by atoms with E-state index in [-0.39, 0.29) is 30.2 Å². The van der Waals surface area contributed by atoms with Crippen LogP contribution in [0.25, 0.3) is 0 Å². The number of nitrogens with one attached hydrogen (secondary N) is 1. The van der Waals surface area contributed by atoms with Gasteiger partial charge in [-0.05, 0) is 24.1 Å². The minimum atomic E-state index is -4.01. The minimum Gasteiger partial charge on any atom is -0.355 e. The molecule has 0 fully saturated rings. The number of carbonyl (C=O) groups is 2. The number of benzene rings is 3. The molecule has 1 N–H and O–H groups in total. The number of sulfonamides is 1. The first kappa shape index (κ1) is 28.3. The normalized spacial score (nSPS) is 11.8. The average Bonchev–Trinajstić information content (AvgIpc) is 2.89. The van der Waals surface area contributed by atoms with Gasteiger partial charge in [0, 0.05) is 31.6 Å². The summed E-state index contributed by atoms with van der Waals surface area (Å²) < 4.78 is 26.3. The monoisotopic (exact) mass is 538 g/mol. The third-order valence-electron chi connectivity index (χ3n) is 5.83. The maximum atomic E-state index is 13.8. The lowest BCUT2D eigenvalue weighted by Gasteiger charge is -2.33. The standard InChI is InChI=1S/C27H30N4O6S/c1-3-28-27(33)25(17-21-11-6-4-7-12-21)29(19-22-13-8-5-9-14-22)26(32)20-30(38(2,36)37)23-15-10-16-24(18-23)31(34)35/h4-16,18,25H,3,17,19-20H2,1-2H3,(H,28,33). The van der Waals surface area contributed by atoms with Gasteiger partial charge in [0.25, 0.3) is 5.69 Å². The number of nitro groups is 1. The zero-order valence-electron chi connectivity index (χ0n) is 21.2. The number of rotatable bonds is 12. The second-order valence-electron chi connectivity index (χ2n) is 8.65. The quantitative estimate of drug-likeness (QED) is 0.279. The van der Waals surface area contributed by atoms with E-state index in [1.807, 2.05) is 60.7 Å². The summed E-state index contributed by atoms with van der Waals surface area (Å²) in [6, 6.07) is 22.4. The first-order valence-corrected chi connectivity index (χ1v) is 13.8. The van der Waals surface area contributed by atoms with Crippen molar-refractivity contribution < 1.29 is 22.9 Å². The van der Waals surface area contributed by atoms with Crippen LogP contribution in [0.3, 0.4) is 0 Å². The molecule has 0 aliphatic rings. The van der Waals surface area contributed by atoms with Crippen molar-refractivity contribution in [2.24, 2.45) is 0 Å². The van der Waals surface area contributed by atoms with Crippen LogP contribution in [0.15, 0.2) is 84.9 Å². The number of likely N-dealkylation sites (N-methyl/N-ethyl adjacent to an activating group) is 1. The highest BCUT2D eigenvalue weighted by Crippen LogP contribution is 2.24. The third-order valence-corrected chi connectivity index (χ3v) is 6.97. The molecule has 0 spiro atoms. The van der Waals surface area contributed by atoms with Crippen LogP contribution in [0.1, 0.15) is 18.1 Å². The SMILES string of the molecule is CCNC(=O)C(Cc1ccccc1)N(Cc1ccccc1)C(=O)CN(c1cccc([N+](=O)[O-])c1)S(C)(=O)=O. The highest BCUT2D eigenvalue weighted by atomic mass is 32.2. The molecule has 3 aromatic carbocycles. The van der Waals surface area contributed by atoms with Gasteiger partial charge in [-0.15, -0.1) is 0 Å². The topological polar surface area (TPSA) is 130 Å². The summed E-state index contributed by atoms with van der Waals surface area (Å²) >= 11 is 0. The number of hydrogen-bond donors (Lipinski definition) is 1. The van der Waals surface area contributed by atoms with E-state index in [1.54, 1.807) is 6.92 Å². The van der Waals surface area contributed by atoms with Crippen molar-refractivity contribution in [1.82, 2.24) is 10.2 Å². The van der Waals surface area contributed by atoms with Gasteiger partial charge in [0.2, 0.25) is 21.8 Å². The predicted octanol–water partition coefficient (Wildman–Crippen LogP) is 3.14. The molecule has 11 heteroatoms. The number of hydrogen-bond acceptors (Lipinski definition) is 6. The molecule has 200 valence electrons. The zero-order chi connectivity index (χ0) is 27.7. The summed E-state index contributed by atoms with van der Waals surface area (Å²) in [5.74, 6) is -1.00. The maximum absolute atomic E-state index is 13.8. The van der Waals surface area contributed by atoms with E-state index >= 15 is 0 Å². The highest BCUT2D eigenvalue weighted by Gasteiger charge is 2.33. The number of non-ortho nitro benzene ring substituents is 1. The van der Waals surface area contributed by atoms with Gasteiger partial charge in [-0.2, -0.15) is 0 Å². The summed E-state index contributed by atoms with van der Waals surface area (Å²) in [4.78, 5) is 39.1. The Hall–Kier alpha value is -4.25. The lowest BCUT2D eigenvalue weighted by Crippen LogP contribution is -2.53. The number of carbonyl (C=O) groups excluding carboxylic acids is 2. The van der Waals surface area contributed by atoms with E-state index in [0.717, 1.165) is 27.8 Å². The first-order chi connectivity index (χ1) is 18.1. The fourth-order valence-corrected chi connectivity index (χ4v) is 4.84. The summed E-state index contributed by atoms with van der Waals surface area (Å²) in [6.45, 7) is 1.54. The van der Waals surface area contributed by atoms with Gasteiger partial charge in [-0.25, -0.2) is 8.42 Å². The van der Waals surface area contributed by atoms with Crippen molar-refractivity contribution in [3.63, 3.8) is 0 Å². The summed E-state index contributed by atoms with van der Waals surface area (Å²) in [7, 11) is -4.01. The molecule has 0 radical (unpaired) electrons. The Morgan fingerprint density at radius 3 is 2.11 bits per heavy atom. The van der Waals surface area contributed by atoms with Crippen molar-refractivity contribution in [1.29, 1.82) is 0 Å². The Kier molecular flexibility index (Phi) is 9.55. The van der Waals surface area contributed by atoms with Gasteiger partial charge < -0.3 is 10.2 Å². The Morgan fingerprint density at radius 2 is 1.55 bits per heavy atom. The molecule has 0 heterocycles. The van der Waals surface area contributed by atoms with Crippen LogP contribution in [0.5, 0.6) is 0 Å². The van der Waals surface area contributed by atoms with E-state index in [9.17, 15) is 28.1 Å². The number of amides is 2. The van der Waals surface area contributed by atoms with Crippen molar-refractivity contribution in [3.8, 4) is 0 Å². The molecule has 0 aliphatic carbocycles. The number of nitrogens with zero attached hydrogens (tertiary/aromatic N) is 3. The second kappa shape index (κ2) is 12.8. The van der Waals surface area contributed by atoms with Gasteiger partial charge in [0.05, 0.1) is 16.9 Å². The van der Waals surface area contributed by atoms with Crippen LogP contribution < -0.4 is 9.62 Å². The average molecular weight is 539 g/mol. The van der Waals surface area contributed by atoms with Crippen molar-refractivity contribution in [2.75, 3.05) is 23.7 Å². The number of anilines is 1. The van der Waals surface area contributed by atoms with E-state index < -0.39 is 33.4 Å². The molecule has 0 aliphatic heterocycles. The predicted molar refractivity (Wildman–Crippen MR) is 145 cm³/mol. The molecule has 2 amide bonds. The molecule has 1 atom stereocenters. The van der Waals surface area contributed by atoms with Gasteiger partial charge in [0.1, 0.15) is 12.6 Å². The van der Waals surface area contributed by atoms with E-state index in [1.165, 1.54) is 23.1 Å². The maximum Gasteiger partial charge on any atom is 0.271 e. The molecule has 0 saturated carbocycles. The molecule has 0 saturated heterocycles. The lowest BCUT2D eigenvalue weighted by molar-refractivity contribution is -0.384. The van der Waals surface area contributed by atoms with E-state index in [4.69, 9.17) is 0 Å². The smallest absolute Gasteiger partial charge is 0.271 e. The zero-order valence-corrected chi connectivity index (χ0v) is 22.0. The Balaban J connectivity index is 2.03. The molecule has 3 rings (SSSR count). The van der Waals surface area contributed by atoms with Crippen LogP contribution in [0, 0.1) is 10.1 Å². The van der Waals surface area contributed by atoms with Crippen molar-refractivity contribution in [2.45, 2.75) is 25.9 Å². The Labute approximate surface area is 222 Å². The van der Waals surface area contributed by atoms with Crippen molar-refractivity contribution >= 4 is 33.2 Å². The first-order valence-electron chi connectivity index (χ1n) is 12.0. The largest absolute Gasteiger partial charge is 0.355 e. The van der Waals surface area contributed by atoms with E-state index in [2.05, 4.69) is 5.32 Å². The molecular weight excluding hydrogens is 508 g/mol. The van der Waals surface area contributed by atoms with Crippen molar-refractivity contribution in [3.05, 3.63) is 106 Å². The molecular formula is C27H30N4O6S. The molecule has 3 aromatic rings. The Bertz CT molecular complexity index is 1370. The third kappa shape index (κ3) is 7.62. The van der Waals surface area contributed by atoms with Crippen LogP contribution in [0.2, 0.25) is 0 Å². The van der Waals surface area contributed by atoms with Gasteiger partial charge in [0.15, 0.2) is 0 Å². The summed E-state index contributed by atoms with van der Waals surface area (Å²) in [5.41, 5.74) is 1.25. The second-order valence-corrected chi connectivity index (χ2v) is 10.6. The van der Waals surface area contributed by atoms with Gasteiger partial charge >= 0.3 is 0 Å². The minimum absolute atomic E-state index is 0.0210. The summed E-state index contributed by atoms with van der Waals surface area (Å²) in [5, 5.41) is 14.1. The lowest BCUT2D eigenvalue weighted by atomic mass is 10.0. The van der Waals surface area contributed by atoms with Gasteiger partial charge in [-0.1, -0.05) is 66.7 Å². The molecule has 38 heavy (non-hydrogen) atoms. The Morgan fingerprint density at radius 1 is 0.947 bits per heavy atom. The van der Waals surface area contributed by atoms with Crippen LogP contribution in [-0.4, -0.2) is 55.4 Å². The molecule has 10 nitrogen and oxygen atoms in total.